The maximum absolute atomic E-state index is 12.7. The van der Waals surface area contributed by atoms with Gasteiger partial charge >= 0.3 is 5.97 Å². The molecule has 0 aliphatic carbocycles. The molecule has 0 aromatic heterocycles. The van der Waals surface area contributed by atoms with Crippen LogP contribution in [0.25, 0.3) is 0 Å². The molecule has 26 heavy (non-hydrogen) atoms. The number of piperidine rings is 1. The summed E-state index contributed by atoms with van der Waals surface area (Å²) < 4.78 is 5.23. The van der Waals surface area contributed by atoms with E-state index in [-0.39, 0.29) is 17.9 Å². The largest absolute Gasteiger partial charge is 0.496 e. The third-order valence-electron chi connectivity index (χ3n) is 4.93. The normalized spacial score (nSPS) is 21.8. The van der Waals surface area contributed by atoms with Gasteiger partial charge in [0.1, 0.15) is 11.8 Å². The first kappa shape index (κ1) is 20.3. The average Bonchev–Trinajstić information content (AvgIpc) is 2.59. The molecule has 2 rings (SSSR count). The zero-order chi connectivity index (χ0) is 19.4. The van der Waals surface area contributed by atoms with Gasteiger partial charge in [-0.3, -0.25) is 14.5 Å². The predicted octanol–water partition coefficient (Wildman–Crippen LogP) is 2.23. The van der Waals surface area contributed by atoms with E-state index in [1.807, 2.05) is 18.7 Å². The van der Waals surface area contributed by atoms with Crippen molar-refractivity contribution in [3.8, 4) is 5.75 Å². The topological polar surface area (TPSA) is 105 Å². The zero-order valence-corrected chi connectivity index (χ0v) is 16.0. The first-order chi connectivity index (χ1) is 12.3. The lowest BCUT2D eigenvalue weighted by atomic mass is 9.92. The summed E-state index contributed by atoms with van der Waals surface area (Å²) in [4.78, 5) is 26.0. The number of benzene rings is 1. The van der Waals surface area contributed by atoms with Gasteiger partial charge in [-0.05, 0) is 24.8 Å². The van der Waals surface area contributed by atoms with E-state index < -0.39 is 12.0 Å². The number of carbonyl (C=O) groups excluding carboxylic acids is 1. The summed E-state index contributed by atoms with van der Waals surface area (Å²) in [6.45, 7) is 5.13. The van der Waals surface area contributed by atoms with Crippen molar-refractivity contribution >= 4 is 29.2 Å². The summed E-state index contributed by atoms with van der Waals surface area (Å²) in [6.07, 6.45) is 1.24. The van der Waals surface area contributed by atoms with Crippen molar-refractivity contribution in [2.75, 3.05) is 25.9 Å². The number of ether oxygens (including phenoxy) is 1. The van der Waals surface area contributed by atoms with Crippen molar-refractivity contribution in [2.24, 2.45) is 5.92 Å². The number of nitrogens with two attached hydrogens (primary N) is 1. The molecular weight excluding hydrogens is 358 g/mol. The molecule has 0 bridgehead atoms. The highest BCUT2D eigenvalue weighted by molar-refractivity contribution is 6.33. The Bertz CT molecular complexity index is 683. The molecule has 1 fully saturated rings. The number of hydrogen-bond acceptors (Lipinski definition) is 5. The summed E-state index contributed by atoms with van der Waals surface area (Å²) in [5.41, 5.74) is 6.44. The van der Waals surface area contributed by atoms with E-state index in [0.717, 1.165) is 0 Å². The van der Waals surface area contributed by atoms with Crippen molar-refractivity contribution in [3.63, 3.8) is 0 Å². The van der Waals surface area contributed by atoms with Crippen LogP contribution in [0.4, 0.5) is 5.69 Å². The monoisotopic (exact) mass is 383 g/mol. The molecule has 0 radical (unpaired) electrons. The standard InChI is InChI=1S/C18H26ClN3O4/c1-4-15(18(24)25)22-6-5-14(10(2)9-22)21-17(23)11-7-12(19)13(20)8-16(11)26-3/h7-8,10,14-15H,4-6,9,20H2,1-3H3,(H,21,23)(H,24,25). The summed E-state index contributed by atoms with van der Waals surface area (Å²) in [5, 5.41) is 12.6. The number of hydrogen-bond donors (Lipinski definition) is 3. The average molecular weight is 384 g/mol. The van der Waals surface area contributed by atoms with Crippen LogP contribution >= 0.6 is 11.6 Å². The van der Waals surface area contributed by atoms with Gasteiger partial charge in [-0.15, -0.1) is 0 Å². The number of amides is 1. The second-order valence-corrected chi connectivity index (χ2v) is 7.08. The van der Waals surface area contributed by atoms with Gasteiger partial charge in [0, 0.05) is 25.2 Å². The number of halogens is 1. The van der Waals surface area contributed by atoms with Crippen LogP contribution in [0.3, 0.4) is 0 Å². The maximum atomic E-state index is 12.7. The van der Waals surface area contributed by atoms with E-state index in [4.69, 9.17) is 22.1 Å². The van der Waals surface area contributed by atoms with Crippen molar-refractivity contribution < 1.29 is 19.4 Å². The summed E-state index contributed by atoms with van der Waals surface area (Å²) in [7, 11) is 1.47. The molecule has 1 amide bonds. The molecule has 1 aromatic rings. The van der Waals surface area contributed by atoms with Crippen LogP contribution in [-0.4, -0.2) is 54.2 Å². The Kier molecular flexibility index (Phi) is 6.72. The van der Waals surface area contributed by atoms with Crippen molar-refractivity contribution in [1.29, 1.82) is 0 Å². The van der Waals surface area contributed by atoms with Gasteiger partial charge in [0.15, 0.2) is 0 Å². The fraction of sp³-hybridized carbons (Fsp3) is 0.556. The molecule has 1 aliphatic rings. The number of carboxylic acid groups (broad SMARTS) is 1. The second-order valence-electron chi connectivity index (χ2n) is 6.68. The van der Waals surface area contributed by atoms with E-state index in [9.17, 15) is 14.7 Å². The molecule has 144 valence electrons. The number of likely N-dealkylation sites (tertiary alicyclic amines) is 1. The highest BCUT2D eigenvalue weighted by atomic mass is 35.5. The zero-order valence-electron chi connectivity index (χ0n) is 15.3. The number of nitrogens with one attached hydrogen (secondary N) is 1. The van der Waals surface area contributed by atoms with Gasteiger partial charge < -0.3 is 20.9 Å². The molecule has 7 nitrogen and oxygen atoms in total. The molecule has 0 saturated carbocycles. The predicted molar refractivity (Wildman–Crippen MR) is 101 cm³/mol. The molecule has 8 heteroatoms. The van der Waals surface area contributed by atoms with Gasteiger partial charge in [0.05, 0.1) is 23.4 Å². The van der Waals surface area contributed by atoms with Crippen molar-refractivity contribution in [2.45, 2.75) is 38.8 Å². The Morgan fingerprint density at radius 1 is 1.50 bits per heavy atom. The van der Waals surface area contributed by atoms with Crippen molar-refractivity contribution in [3.05, 3.63) is 22.7 Å². The summed E-state index contributed by atoms with van der Waals surface area (Å²) in [6, 6.07) is 2.50. The lowest BCUT2D eigenvalue weighted by molar-refractivity contribution is -0.144. The van der Waals surface area contributed by atoms with Gasteiger partial charge in [0.25, 0.3) is 5.91 Å². The number of nitrogens with zero attached hydrogens (tertiary/aromatic N) is 1. The minimum Gasteiger partial charge on any atom is -0.496 e. The summed E-state index contributed by atoms with van der Waals surface area (Å²) in [5.74, 6) is -0.592. The van der Waals surface area contributed by atoms with Crippen LogP contribution < -0.4 is 15.8 Å². The Balaban J connectivity index is 2.07. The van der Waals surface area contributed by atoms with E-state index in [1.54, 1.807) is 0 Å². The Morgan fingerprint density at radius 2 is 2.19 bits per heavy atom. The molecule has 1 heterocycles. The number of anilines is 1. The Hall–Kier alpha value is -1.99. The quantitative estimate of drug-likeness (QED) is 0.650. The van der Waals surface area contributed by atoms with Gasteiger partial charge in [-0.1, -0.05) is 25.4 Å². The lowest BCUT2D eigenvalue weighted by Crippen LogP contribution is -2.54. The van der Waals surface area contributed by atoms with E-state index >= 15 is 0 Å². The van der Waals surface area contributed by atoms with Crippen LogP contribution in [0.5, 0.6) is 5.75 Å². The third kappa shape index (κ3) is 4.40. The minimum absolute atomic E-state index is 0.0499. The number of carboxylic acids is 1. The highest BCUT2D eigenvalue weighted by Gasteiger charge is 2.33. The molecule has 1 aromatic carbocycles. The van der Waals surface area contributed by atoms with Crippen LogP contribution in [0.15, 0.2) is 12.1 Å². The fourth-order valence-electron chi connectivity index (χ4n) is 3.43. The van der Waals surface area contributed by atoms with E-state index in [1.165, 1.54) is 19.2 Å². The minimum atomic E-state index is -0.802. The molecule has 3 atom stereocenters. The van der Waals surface area contributed by atoms with Gasteiger partial charge in [0.2, 0.25) is 0 Å². The summed E-state index contributed by atoms with van der Waals surface area (Å²) >= 11 is 6.04. The SMILES string of the molecule is CCC(C(=O)O)N1CCC(NC(=O)c2cc(Cl)c(N)cc2OC)C(C)C1. The maximum Gasteiger partial charge on any atom is 0.320 e. The molecule has 3 unspecified atom stereocenters. The molecule has 1 saturated heterocycles. The van der Waals surface area contributed by atoms with E-state index in [2.05, 4.69) is 5.32 Å². The van der Waals surface area contributed by atoms with Crippen LogP contribution in [0.2, 0.25) is 5.02 Å². The molecule has 0 spiro atoms. The number of methoxy groups -OCH3 is 1. The Morgan fingerprint density at radius 3 is 2.73 bits per heavy atom. The first-order valence-corrected chi connectivity index (χ1v) is 9.07. The van der Waals surface area contributed by atoms with Crippen LogP contribution in [0, 0.1) is 5.92 Å². The molecule has 4 N–H and O–H groups in total. The van der Waals surface area contributed by atoms with Gasteiger partial charge in [-0.2, -0.15) is 0 Å². The Labute approximate surface area is 158 Å². The first-order valence-electron chi connectivity index (χ1n) is 8.69. The van der Waals surface area contributed by atoms with E-state index in [0.29, 0.717) is 48.0 Å². The van der Waals surface area contributed by atoms with Crippen molar-refractivity contribution in [1.82, 2.24) is 10.2 Å². The molecular formula is C18H26ClN3O4. The van der Waals surface area contributed by atoms with Crippen LogP contribution in [-0.2, 0) is 4.79 Å². The molecule has 1 aliphatic heterocycles. The van der Waals surface area contributed by atoms with Gasteiger partial charge in [-0.25, -0.2) is 0 Å². The lowest BCUT2D eigenvalue weighted by Gasteiger charge is -2.39. The number of rotatable bonds is 6. The second kappa shape index (κ2) is 8.60. The third-order valence-corrected chi connectivity index (χ3v) is 5.26. The number of nitrogen functional groups attached to an aromatic ring is 1. The smallest absolute Gasteiger partial charge is 0.320 e. The highest BCUT2D eigenvalue weighted by Crippen LogP contribution is 2.29. The van der Waals surface area contributed by atoms with Crippen LogP contribution in [0.1, 0.15) is 37.0 Å². The number of aliphatic carboxylic acids is 1. The fourth-order valence-corrected chi connectivity index (χ4v) is 3.59. The number of carbonyl (C=O) groups is 2.